The van der Waals surface area contributed by atoms with E-state index in [1.165, 1.54) is 128 Å². The van der Waals surface area contributed by atoms with Crippen LogP contribution in [0.3, 0.4) is 0 Å². The molecule has 0 radical (unpaired) electrons. The molecule has 1 unspecified atom stereocenters. The Bertz CT molecular complexity index is 1150. The third-order valence-corrected chi connectivity index (χ3v) is 11.5. The van der Waals surface area contributed by atoms with Crippen molar-refractivity contribution in [1.29, 1.82) is 0 Å². The minimum atomic E-state index is -0.776. The first-order valence-electron chi connectivity index (χ1n) is 26.8. The van der Waals surface area contributed by atoms with Crippen LogP contribution in [-0.4, -0.2) is 37.2 Å². The van der Waals surface area contributed by atoms with Crippen LogP contribution in [0.25, 0.3) is 0 Å². The van der Waals surface area contributed by atoms with Crippen LogP contribution in [0, 0.1) is 0 Å². The fraction of sp³-hybridized carbons (Fsp3) is 0.772. The van der Waals surface area contributed by atoms with E-state index in [9.17, 15) is 14.4 Å². The van der Waals surface area contributed by atoms with Crippen molar-refractivity contribution in [2.24, 2.45) is 0 Å². The largest absolute Gasteiger partial charge is 0.462 e. The lowest BCUT2D eigenvalue weighted by molar-refractivity contribution is -0.167. The molecule has 0 saturated heterocycles. The van der Waals surface area contributed by atoms with Gasteiger partial charge in [0.15, 0.2) is 6.10 Å². The van der Waals surface area contributed by atoms with Gasteiger partial charge in [0, 0.05) is 19.3 Å². The molecule has 364 valence electrons. The number of carbonyl (C=O) groups excluding carboxylic acids is 3. The Hall–Kier alpha value is -2.89. The third-order valence-electron chi connectivity index (χ3n) is 11.5. The Morgan fingerprint density at radius 2 is 0.635 bits per heavy atom. The van der Waals surface area contributed by atoms with Gasteiger partial charge in [-0.1, -0.05) is 229 Å². The molecule has 0 heterocycles. The summed E-state index contributed by atoms with van der Waals surface area (Å²) >= 11 is 0. The van der Waals surface area contributed by atoms with Crippen molar-refractivity contribution in [3.63, 3.8) is 0 Å². The summed E-state index contributed by atoms with van der Waals surface area (Å²) in [5.74, 6) is -0.886. The van der Waals surface area contributed by atoms with Crippen molar-refractivity contribution in [2.75, 3.05) is 13.2 Å². The minimum absolute atomic E-state index is 0.0764. The maximum absolute atomic E-state index is 12.8. The number of hydrogen-bond donors (Lipinski definition) is 0. The van der Waals surface area contributed by atoms with E-state index in [-0.39, 0.29) is 31.1 Å². The van der Waals surface area contributed by atoms with Crippen molar-refractivity contribution < 1.29 is 28.6 Å². The van der Waals surface area contributed by atoms with Crippen LogP contribution < -0.4 is 0 Å². The van der Waals surface area contributed by atoms with Gasteiger partial charge in [-0.3, -0.25) is 14.4 Å². The summed E-state index contributed by atoms with van der Waals surface area (Å²) in [4.78, 5) is 37.9. The summed E-state index contributed by atoms with van der Waals surface area (Å²) in [7, 11) is 0. The van der Waals surface area contributed by atoms with E-state index in [1.54, 1.807) is 0 Å². The molecule has 63 heavy (non-hydrogen) atoms. The summed E-state index contributed by atoms with van der Waals surface area (Å²) < 4.78 is 16.8. The van der Waals surface area contributed by atoms with Crippen LogP contribution in [-0.2, 0) is 28.6 Å². The molecule has 0 aromatic rings. The predicted octanol–water partition coefficient (Wildman–Crippen LogP) is 17.6. The van der Waals surface area contributed by atoms with Crippen molar-refractivity contribution in [1.82, 2.24) is 0 Å². The maximum atomic E-state index is 12.8. The van der Waals surface area contributed by atoms with Gasteiger partial charge in [0.05, 0.1) is 0 Å². The van der Waals surface area contributed by atoms with Crippen LogP contribution in [0.5, 0.6) is 0 Å². The number of rotatable bonds is 48. The molecule has 0 N–H and O–H groups in total. The second kappa shape index (κ2) is 51.7. The molecule has 0 aliphatic heterocycles. The SMILES string of the molecule is CC/C=C\C/C=C\C/C=C\C/C=C\CCCCCCCCCCCCC(=O)OCC(COC(=O)CCCCCCCCCCCCC)OC(=O)CCCCCCC/C=C\CCCC. The fourth-order valence-corrected chi connectivity index (χ4v) is 7.47. The van der Waals surface area contributed by atoms with Crippen molar-refractivity contribution in [3.05, 3.63) is 60.8 Å². The first-order chi connectivity index (χ1) is 31.0. The molecule has 6 heteroatoms. The van der Waals surface area contributed by atoms with E-state index in [2.05, 4.69) is 81.5 Å². The number of unbranched alkanes of at least 4 members (excludes halogenated alkanes) is 27. The summed E-state index contributed by atoms with van der Waals surface area (Å²) in [5.41, 5.74) is 0. The number of hydrogen-bond acceptors (Lipinski definition) is 6. The summed E-state index contributed by atoms with van der Waals surface area (Å²) in [6.45, 7) is 6.48. The summed E-state index contributed by atoms with van der Waals surface area (Å²) in [5, 5.41) is 0. The van der Waals surface area contributed by atoms with Gasteiger partial charge in [0.25, 0.3) is 0 Å². The Balaban J connectivity index is 4.24. The van der Waals surface area contributed by atoms with E-state index in [1.807, 2.05) is 0 Å². The predicted molar refractivity (Wildman–Crippen MR) is 270 cm³/mol. The van der Waals surface area contributed by atoms with E-state index in [0.717, 1.165) is 96.3 Å². The second-order valence-electron chi connectivity index (χ2n) is 17.8. The van der Waals surface area contributed by atoms with Gasteiger partial charge in [-0.25, -0.2) is 0 Å². The Morgan fingerprint density at radius 1 is 0.333 bits per heavy atom. The first-order valence-corrected chi connectivity index (χ1v) is 26.8. The van der Waals surface area contributed by atoms with Crippen LogP contribution in [0.4, 0.5) is 0 Å². The van der Waals surface area contributed by atoms with Gasteiger partial charge in [-0.05, 0) is 77.0 Å². The number of allylic oxidation sites excluding steroid dienone is 10. The topological polar surface area (TPSA) is 78.9 Å². The van der Waals surface area contributed by atoms with E-state index in [4.69, 9.17) is 14.2 Å². The van der Waals surface area contributed by atoms with Crippen molar-refractivity contribution in [3.8, 4) is 0 Å². The zero-order valence-electron chi connectivity index (χ0n) is 41.6. The van der Waals surface area contributed by atoms with Crippen molar-refractivity contribution in [2.45, 2.75) is 271 Å². The molecule has 0 rings (SSSR count). The van der Waals surface area contributed by atoms with Gasteiger partial charge < -0.3 is 14.2 Å². The van der Waals surface area contributed by atoms with Gasteiger partial charge >= 0.3 is 17.9 Å². The lowest BCUT2D eigenvalue weighted by atomic mass is 10.1. The number of ether oxygens (including phenoxy) is 3. The quantitative estimate of drug-likeness (QED) is 0.0262. The normalized spacial score (nSPS) is 12.5. The molecule has 0 bridgehead atoms. The standard InChI is InChI=1S/C57H100O6/c1-4-7-10-13-16-19-22-23-24-25-26-27-28-29-30-31-32-33-36-38-41-44-47-50-56(59)62-53-54(63-57(60)51-48-45-42-39-35-21-18-15-12-9-6-3)52-61-55(58)49-46-43-40-37-34-20-17-14-11-8-5-2/h7,10,15-16,18-19,23-24,26-27,54H,4-6,8-9,11-14,17,20-22,25,28-53H2,1-3H3/b10-7-,18-15-,19-16-,24-23-,27-26-. The summed E-state index contributed by atoms with van der Waals surface area (Å²) in [6.07, 6.45) is 63.5. The molecule has 0 aromatic carbocycles. The highest BCUT2D eigenvalue weighted by molar-refractivity contribution is 5.71. The highest BCUT2D eigenvalue weighted by Gasteiger charge is 2.19. The highest BCUT2D eigenvalue weighted by Crippen LogP contribution is 2.15. The first kappa shape index (κ1) is 60.1. The molecule has 0 aliphatic carbocycles. The Morgan fingerprint density at radius 3 is 1.03 bits per heavy atom. The fourth-order valence-electron chi connectivity index (χ4n) is 7.47. The van der Waals surface area contributed by atoms with Gasteiger partial charge in [-0.2, -0.15) is 0 Å². The third kappa shape index (κ3) is 50.0. The molecule has 6 nitrogen and oxygen atoms in total. The second-order valence-corrected chi connectivity index (χ2v) is 17.8. The number of esters is 3. The molecule has 0 amide bonds. The van der Waals surface area contributed by atoms with E-state index < -0.39 is 6.10 Å². The van der Waals surface area contributed by atoms with E-state index in [0.29, 0.717) is 19.3 Å². The molecule has 0 saturated carbocycles. The monoisotopic (exact) mass is 881 g/mol. The lowest BCUT2D eigenvalue weighted by Gasteiger charge is -2.18. The Kier molecular flexibility index (Phi) is 49.4. The minimum Gasteiger partial charge on any atom is -0.462 e. The number of carbonyl (C=O) groups is 3. The molecule has 0 aromatic heterocycles. The molecule has 0 fully saturated rings. The highest BCUT2D eigenvalue weighted by atomic mass is 16.6. The molecule has 0 aliphatic rings. The summed E-state index contributed by atoms with van der Waals surface area (Å²) in [6, 6.07) is 0. The molecule has 0 spiro atoms. The molecular formula is C57H100O6. The van der Waals surface area contributed by atoms with Crippen LogP contribution in [0.1, 0.15) is 265 Å². The zero-order chi connectivity index (χ0) is 45.8. The lowest BCUT2D eigenvalue weighted by Crippen LogP contribution is -2.30. The van der Waals surface area contributed by atoms with E-state index >= 15 is 0 Å². The van der Waals surface area contributed by atoms with Crippen LogP contribution in [0.2, 0.25) is 0 Å². The van der Waals surface area contributed by atoms with Gasteiger partial charge in [-0.15, -0.1) is 0 Å². The average Bonchev–Trinajstić information content (AvgIpc) is 3.28. The average molecular weight is 881 g/mol. The van der Waals surface area contributed by atoms with Gasteiger partial charge in [0.1, 0.15) is 13.2 Å². The molecular weight excluding hydrogens is 781 g/mol. The Labute approximate surface area is 390 Å². The van der Waals surface area contributed by atoms with Crippen LogP contribution >= 0.6 is 0 Å². The maximum Gasteiger partial charge on any atom is 0.306 e. The zero-order valence-corrected chi connectivity index (χ0v) is 41.6. The van der Waals surface area contributed by atoms with Gasteiger partial charge in [0.2, 0.25) is 0 Å². The smallest absolute Gasteiger partial charge is 0.306 e. The van der Waals surface area contributed by atoms with Crippen molar-refractivity contribution >= 4 is 17.9 Å². The molecule has 1 atom stereocenters. The van der Waals surface area contributed by atoms with Crippen LogP contribution in [0.15, 0.2) is 60.8 Å².